The number of carbonyl (C=O) groups excluding carboxylic acids is 2. The van der Waals surface area contributed by atoms with Crippen molar-refractivity contribution >= 4 is 46.2 Å². The van der Waals surface area contributed by atoms with Crippen molar-refractivity contribution in [1.29, 1.82) is 0 Å². The van der Waals surface area contributed by atoms with Gasteiger partial charge in [0.05, 0.1) is 4.88 Å². The molecule has 0 radical (unpaired) electrons. The first-order chi connectivity index (χ1) is 11.1. The molecule has 2 amide bonds. The Bertz CT molecular complexity index is 699. The number of rotatable bonds is 5. The summed E-state index contributed by atoms with van der Waals surface area (Å²) in [6.07, 6.45) is 0.877. The summed E-state index contributed by atoms with van der Waals surface area (Å²) < 4.78 is 0. The monoisotopic (exact) mass is 347 g/mol. The van der Waals surface area contributed by atoms with Crippen LogP contribution in [0.1, 0.15) is 33.4 Å². The van der Waals surface area contributed by atoms with Crippen LogP contribution in [0.4, 0.5) is 5.69 Å². The first-order valence-corrected chi connectivity index (χ1v) is 8.43. The average Bonchev–Trinajstić information content (AvgIpc) is 3.07. The zero-order valence-corrected chi connectivity index (χ0v) is 14.2. The van der Waals surface area contributed by atoms with E-state index in [1.807, 2.05) is 12.3 Å². The summed E-state index contributed by atoms with van der Waals surface area (Å²) in [5.41, 5.74) is 1.18. The molecule has 0 spiro atoms. The SMILES string of the molecule is CCCNC(=O)c1cccc(NC(=S)NC(=O)c2cccs2)c1. The molecule has 5 nitrogen and oxygen atoms in total. The lowest BCUT2D eigenvalue weighted by molar-refractivity contribution is 0.0951. The average molecular weight is 347 g/mol. The molecular formula is C16H17N3O2S2. The third-order valence-electron chi connectivity index (χ3n) is 2.89. The first kappa shape index (κ1) is 17.1. The molecule has 0 saturated heterocycles. The van der Waals surface area contributed by atoms with Crippen molar-refractivity contribution in [3.8, 4) is 0 Å². The van der Waals surface area contributed by atoms with E-state index in [-0.39, 0.29) is 16.9 Å². The molecular weight excluding hydrogens is 330 g/mol. The highest BCUT2D eigenvalue weighted by Gasteiger charge is 2.10. The smallest absolute Gasteiger partial charge is 0.267 e. The molecule has 7 heteroatoms. The lowest BCUT2D eigenvalue weighted by Gasteiger charge is -2.10. The standard InChI is InChI=1S/C16H17N3O2S2/c1-2-8-17-14(20)11-5-3-6-12(10-11)18-16(22)19-15(21)13-7-4-9-23-13/h3-7,9-10H,2,8H2,1H3,(H,17,20)(H2,18,19,21,22). The van der Waals surface area contributed by atoms with Crippen molar-refractivity contribution in [3.63, 3.8) is 0 Å². The molecule has 0 atom stereocenters. The van der Waals surface area contributed by atoms with E-state index in [1.165, 1.54) is 11.3 Å². The van der Waals surface area contributed by atoms with E-state index in [0.29, 0.717) is 22.7 Å². The van der Waals surface area contributed by atoms with Gasteiger partial charge in [0.2, 0.25) is 0 Å². The summed E-state index contributed by atoms with van der Waals surface area (Å²) in [5.74, 6) is -0.390. The number of benzene rings is 1. The fourth-order valence-electron chi connectivity index (χ4n) is 1.81. The Morgan fingerprint density at radius 2 is 2.00 bits per heavy atom. The molecule has 1 heterocycles. The fraction of sp³-hybridized carbons (Fsp3) is 0.188. The van der Waals surface area contributed by atoms with Crippen molar-refractivity contribution in [2.75, 3.05) is 11.9 Å². The molecule has 3 N–H and O–H groups in total. The molecule has 1 aromatic carbocycles. The third-order valence-corrected chi connectivity index (χ3v) is 3.96. The molecule has 0 aliphatic heterocycles. The predicted molar refractivity (Wildman–Crippen MR) is 97.1 cm³/mol. The number of nitrogens with one attached hydrogen (secondary N) is 3. The number of anilines is 1. The molecule has 0 aliphatic carbocycles. The Kier molecular flexibility index (Phi) is 6.25. The summed E-state index contributed by atoms with van der Waals surface area (Å²) in [5, 5.41) is 10.3. The van der Waals surface area contributed by atoms with Gasteiger partial charge in [-0.15, -0.1) is 11.3 Å². The van der Waals surface area contributed by atoms with E-state index in [2.05, 4.69) is 16.0 Å². The van der Waals surface area contributed by atoms with Crippen molar-refractivity contribution in [3.05, 3.63) is 52.2 Å². The Labute approximate surface area is 144 Å². The number of thiophene rings is 1. The van der Waals surface area contributed by atoms with Crippen LogP contribution in [0.25, 0.3) is 0 Å². The molecule has 0 aliphatic rings. The van der Waals surface area contributed by atoms with E-state index < -0.39 is 0 Å². The zero-order chi connectivity index (χ0) is 16.7. The van der Waals surface area contributed by atoms with E-state index >= 15 is 0 Å². The second-order valence-electron chi connectivity index (χ2n) is 4.72. The fourth-order valence-corrected chi connectivity index (χ4v) is 2.64. The minimum absolute atomic E-state index is 0.135. The van der Waals surface area contributed by atoms with Gasteiger partial charge >= 0.3 is 0 Å². The zero-order valence-electron chi connectivity index (χ0n) is 12.6. The number of hydrogen-bond acceptors (Lipinski definition) is 4. The van der Waals surface area contributed by atoms with Gasteiger partial charge in [-0.1, -0.05) is 19.1 Å². The summed E-state index contributed by atoms with van der Waals surface area (Å²) in [6, 6.07) is 10.5. The van der Waals surface area contributed by atoms with Gasteiger partial charge in [-0.25, -0.2) is 0 Å². The van der Waals surface area contributed by atoms with Crippen LogP contribution in [0.2, 0.25) is 0 Å². The number of thiocarbonyl (C=S) groups is 1. The maximum atomic E-state index is 11.9. The van der Waals surface area contributed by atoms with E-state index in [9.17, 15) is 9.59 Å². The number of amides is 2. The van der Waals surface area contributed by atoms with Crippen LogP contribution in [-0.4, -0.2) is 23.5 Å². The summed E-state index contributed by atoms with van der Waals surface area (Å²) >= 11 is 6.47. The quantitative estimate of drug-likeness (QED) is 0.727. The molecule has 1 aromatic heterocycles. The van der Waals surface area contributed by atoms with Gasteiger partial charge in [-0.05, 0) is 48.3 Å². The highest BCUT2D eigenvalue weighted by atomic mass is 32.1. The summed E-state index contributed by atoms with van der Waals surface area (Å²) in [6.45, 7) is 2.62. The van der Waals surface area contributed by atoms with Crippen LogP contribution in [0, 0.1) is 0 Å². The predicted octanol–water partition coefficient (Wildman–Crippen LogP) is 3.01. The molecule has 0 unspecified atom stereocenters. The van der Waals surface area contributed by atoms with Crippen LogP contribution < -0.4 is 16.0 Å². The Morgan fingerprint density at radius 1 is 1.17 bits per heavy atom. The maximum Gasteiger partial charge on any atom is 0.267 e. The molecule has 0 saturated carbocycles. The largest absolute Gasteiger partial charge is 0.352 e. The van der Waals surface area contributed by atoms with Gasteiger partial charge in [-0.2, -0.15) is 0 Å². The number of carbonyl (C=O) groups is 2. The molecule has 2 aromatic rings. The van der Waals surface area contributed by atoms with Gasteiger partial charge in [0.15, 0.2) is 5.11 Å². The minimum Gasteiger partial charge on any atom is -0.352 e. The highest BCUT2D eigenvalue weighted by molar-refractivity contribution is 7.80. The third kappa shape index (κ3) is 5.15. The molecule has 120 valence electrons. The van der Waals surface area contributed by atoms with Crippen LogP contribution in [-0.2, 0) is 0 Å². The Morgan fingerprint density at radius 3 is 2.70 bits per heavy atom. The molecule has 23 heavy (non-hydrogen) atoms. The maximum absolute atomic E-state index is 11.9. The molecule has 2 rings (SSSR count). The van der Waals surface area contributed by atoms with Gasteiger partial charge in [0.1, 0.15) is 0 Å². The van der Waals surface area contributed by atoms with Crippen LogP contribution in [0.5, 0.6) is 0 Å². The van der Waals surface area contributed by atoms with Gasteiger partial charge in [-0.3, -0.25) is 14.9 Å². The van der Waals surface area contributed by atoms with Crippen molar-refractivity contribution < 1.29 is 9.59 Å². The first-order valence-electron chi connectivity index (χ1n) is 7.14. The lowest BCUT2D eigenvalue weighted by atomic mass is 10.2. The van der Waals surface area contributed by atoms with Crippen molar-refractivity contribution in [2.45, 2.75) is 13.3 Å². The normalized spacial score (nSPS) is 9.96. The Balaban J connectivity index is 1.95. The summed E-state index contributed by atoms with van der Waals surface area (Å²) in [4.78, 5) is 24.4. The highest BCUT2D eigenvalue weighted by Crippen LogP contribution is 2.11. The van der Waals surface area contributed by atoms with Crippen molar-refractivity contribution in [2.24, 2.45) is 0 Å². The minimum atomic E-state index is -0.255. The van der Waals surface area contributed by atoms with E-state index in [1.54, 1.807) is 36.4 Å². The molecule has 0 fully saturated rings. The van der Waals surface area contributed by atoms with Gasteiger partial charge in [0.25, 0.3) is 11.8 Å². The van der Waals surface area contributed by atoms with Crippen LogP contribution >= 0.6 is 23.6 Å². The van der Waals surface area contributed by atoms with Gasteiger partial charge in [0, 0.05) is 17.8 Å². The summed E-state index contributed by atoms with van der Waals surface area (Å²) in [7, 11) is 0. The lowest BCUT2D eigenvalue weighted by Crippen LogP contribution is -2.33. The van der Waals surface area contributed by atoms with Crippen molar-refractivity contribution in [1.82, 2.24) is 10.6 Å². The Hall–Kier alpha value is -2.25. The van der Waals surface area contributed by atoms with Gasteiger partial charge < -0.3 is 10.6 Å². The van der Waals surface area contributed by atoms with Crippen LogP contribution in [0.3, 0.4) is 0 Å². The van der Waals surface area contributed by atoms with Crippen LogP contribution in [0.15, 0.2) is 41.8 Å². The second kappa shape index (κ2) is 8.40. The second-order valence-corrected chi connectivity index (χ2v) is 6.08. The van der Waals surface area contributed by atoms with E-state index in [4.69, 9.17) is 12.2 Å². The topological polar surface area (TPSA) is 70.2 Å². The van der Waals surface area contributed by atoms with E-state index in [0.717, 1.165) is 6.42 Å². The number of hydrogen-bond donors (Lipinski definition) is 3. The molecule has 0 bridgehead atoms.